The molecule has 1 aliphatic heterocycles. The zero-order valence-corrected chi connectivity index (χ0v) is 15.0. The van der Waals surface area contributed by atoms with Gasteiger partial charge in [-0.05, 0) is 42.2 Å². The molecule has 1 unspecified atom stereocenters. The molecule has 0 saturated heterocycles. The molecule has 1 amide bonds. The van der Waals surface area contributed by atoms with Crippen molar-refractivity contribution in [1.82, 2.24) is 0 Å². The van der Waals surface area contributed by atoms with Gasteiger partial charge in [0.15, 0.2) is 6.10 Å². The topological polar surface area (TPSA) is 49.8 Å². The molecular formula is C21H25NO3. The van der Waals surface area contributed by atoms with E-state index in [1.807, 2.05) is 18.2 Å². The number of aliphatic hydroxyl groups excluding tert-OH is 1. The van der Waals surface area contributed by atoms with Crippen molar-refractivity contribution >= 4 is 11.6 Å². The molecule has 0 bridgehead atoms. The molecule has 1 heterocycles. The van der Waals surface area contributed by atoms with E-state index in [1.54, 1.807) is 36.3 Å². The van der Waals surface area contributed by atoms with Gasteiger partial charge in [-0.2, -0.15) is 0 Å². The fourth-order valence-electron chi connectivity index (χ4n) is 3.78. The van der Waals surface area contributed by atoms with Crippen molar-refractivity contribution in [2.24, 2.45) is 0 Å². The van der Waals surface area contributed by atoms with Crippen molar-refractivity contribution < 1.29 is 14.6 Å². The Balaban J connectivity index is 1.95. The Labute approximate surface area is 149 Å². The third-order valence-corrected chi connectivity index (χ3v) is 5.49. The number of methoxy groups -OCH3 is 1. The first-order valence-electron chi connectivity index (χ1n) is 8.79. The summed E-state index contributed by atoms with van der Waals surface area (Å²) in [6.45, 7) is 4.93. The molecule has 25 heavy (non-hydrogen) atoms. The van der Waals surface area contributed by atoms with E-state index in [0.717, 1.165) is 18.5 Å². The number of nitrogens with zero attached hydrogens (tertiary/aromatic N) is 1. The summed E-state index contributed by atoms with van der Waals surface area (Å²) in [7, 11) is 1.57. The minimum absolute atomic E-state index is 0.0413. The Morgan fingerprint density at radius 1 is 1.20 bits per heavy atom. The van der Waals surface area contributed by atoms with E-state index < -0.39 is 6.10 Å². The SMILES string of the molecule is CCC1(CC)CN(C(=O)C(O)c2cccc(OC)c2)c2ccccc21. The van der Waals surface area contributed by atoms with Gasteiger partial charge in [-0.15, -0.1) is 0 Å². The molecule has 4 heteroatoms. The van der Waals surface area contributed by atoms with Gasteiger partial charge in [-0.1, -0.05) is 44.2 Å². The third-order valence-electron chi connectivity index (χ3n) is 5.49. The van der Waals surface area contributed by atoms with Gasteiger partial charge in [0.25, 0.3) is 5.91 Å². The molecule has 0 spiro atoms. The van der Waals surface area contributed by atoms with Gasteiger partial charge in [0.1, 0.15) is 5.75 Å². The van der Waals surface area contributed by atoms with E-state index in [9.17, 15) is 9.90 Å². The third kappa shape index (κ3) is 2.91. The zero-order chi connectivity index (χ0) is 18.0. The van der Waals surface area contributed by atoms with Crippen LogP contribution in [0.3, 0.4) is 0 Å². The van der Waals surface area contributed by atoms with Crippen LogP contribution in [0.1, 0.15) is 43.9 Å². The van der Waals surface area contributed by atoms with Crippen LogP contribution in [0.5, 0.6) is 5.75 Å². The average Bonchev–Trinajstić information content (AvgIpc) is 3.02. The highest BCUT2D eigenvalue weighted by Gasteiger charge is 2.43. The number of rotatable bonds is 5. The van der Waals surface area contributed by atoms with Crippen LogP contribution in [0.2, 0.25) is 0 Å². The molecule has 2 aromatic rings. The minimum Gasteiger partial charge on any atom is -0.497 e. The molecular weight excluding hydrogens is 314 g/mol. The van der Waals surface area contributed by atoms with Crippen molar-refractivity contribution in [2.45, 2.75) is 38.2 Å². The van der Waals surface area contributed by atoms with Crippen molar-refractivity contribution in [3.8, 4) is 5.75 Å². The van der Waals surface area contributed by atoms with E-state index >= 15 is 0 Å². The lowest BCUT2D eigenvalue weighted by molar-refractivity contribution is -0.127. The Bertz CT molecular complexity index is 767. The summed E-state index contributed by atoms with van der Waals surface area (Å²) in [4.78, 5) is 14.8. The second kappa shape index (κ2) is 6.89. The van der Waals surface area contributed by atoms with Gasteiger partial charge in [0.05, 0.1) is 7.11 Å². The summed E-state index contributed by atoms with van der Waals surface area (Å²) < 4.78 is 5.20. The van der Waals surface area contributed by atoms with Crippen molar-refractivity contribution in [2.75, 3.05) is 18.6 Å². The van der Waals surface area contributed by atoms with Crippen LogP contribution in [0.15, 0.2) is 48.5 Å². The highest BCUT2D eigenvalue weighted by Crippen LogP contribution is 2.45. The summed E-state index contributed by atoms with van der Waals surface area (Å²) in [5, 5.41) is 10.7. The van der Waals surface area contributed by atoms with Gasteiger partial charge in [-0.3, -0.25) is 4.79 Å². The van der Waals surface area contributed by atoms with E-state index in [0.29, 0.717) is 17.9 Å². The monoisotopic (exact) mass is 339 g/mol. The van der Waals surface area contributed by atoms with Crippen molar-refractivity contribution in [3.05, 3.63) is 59.7 Å². The van der Waals surface area contributed by atoms with Crippen LogP contribution in [0.25, 0.3) is 0 Å². The number of hydrogen-bond donors (Lipinski definition) is 1. The Kier molecular flexibility index (Phi) is 4.82. The molecule has 0 aromatic heterocycles. The summed E-state index contributed by atoms with van der Waals surface area (Å²) in [5.74, 6) is 0.340. The number of hydrogen-bond acceptors (Lipinski definition) is 3. The van der Waals surface area contributed by atoms with Crippen LogP contribution in [-0.4, -0.2) is 24.7 Å². The Morgan fingerprint density at radius 2 is 1.92 bits per heavy atom. The smallest absolute Gasteiger partial charge is 0.260 e. The van der Waals surface area contributed by atoms with Gasteiger partial charge >= 0.3 is 0 Å². The lowest BCUT2D eigenvalue weighted by Gasteiger charge is -2.28. The maximum Gasteiger partial charge on any atom is 0.260 e. The largest absolute Gasteiger partial charge is 0.497 e. The van der Waals surface area contributed by atoms with E-state index in [4.69, 9.17) is 4.74 Å². The lowest BCUT2D eigenvalue weighted by Crippen LogP contribution is -2.39. The molecule has 0 saturated carbocycles. The molecule has 4 nitrogen and oxygen atoms in total. The number of benzene rings is 2. The molecule has 0 aliphatic carbocycles. The number of para-hydroxylation sites is 1. The standard InChI is InChI=1S/C21H25NO3/c1-4-21(5-2)14-22(18-12-7-6-11-17(18)21)20(24)19(23)15-9-8-10-16(13-15)25-3/h6-13,19,23H,4-5,14H2,1-3H3. The number of anilines is 1. The molecule has 0 fully saturated rings. The normalized spacial score (nSPS) is 16.4. The van der Waals surface area contributed by atoms with Gasteiger partial charge < -0.3 is 14.7 Å². The molecule has 1 aliphatic rings. The first kappa shape index (κ1) is 17.5. The Hall–Kier alpha value is -2.33. The quantitative estimate of drug-likeness (QED) is 0.900. The zero-order valence-electron chi connectivity index (χ0n) is 15.0. The predicted octanol–water partition coefficient (Wildman–Crippen LogP) is 3.83. The number of amides is 1. The molecule has 1 N–H and O–H groups in total. The first-order valence-corrected chi connectivity index (χ1v) is 8.79. The predicted molar refractivity (Wildman–Crippen MR) is 99.0 cm³/mol. The molecule has 0 radical (unpaired) electrons. The highest BCUT2D eigenvalue weighted by molar-refractivity contribution is 5.99. The second-order valence-corrected chi connectivity index (χ2v) is 6.61. The molecule has 2 aromatic carbocycles. The fraction of sp³-hybridized carbons (Fsp3) is 0.381. The van der Waals surface area contributed by atoms with Crippen LogP contribution < -0.4 is 9.64 Å². The average molecular weight is 339 g/mol. The molecule has 1 atom stereocenters. The number of aliphatic hydroxyl groups is 1. The van der Waals surface area contributed by atoms with E-state index in [-0.39, 0.29) is 11.3 Å². The van der Waals surface area contributed by atoms with Crippen LogP contribution in [0.4, 0.5) is 5.69 Å². The molecule has 3 rings (SSSR count). The van der Waals surface area contributed by atoms with E-state index in [1.165, 1.54) is 5.56 Å². The van der Waals surface area contributed by atoms with Crippen molar-refractivity contribution in [3.63, 3.8) is 0 Å². The van der Waals surface area contributed by atoms with Crippen LogP contribution in [-0.2, 0) is 10.2 Å². The maximum atomic E-state index is 13.1. The first-order chi connectivity index (χ1) is 12.1. The van der Waals surface area contributed by atoms with E-state index in [2.05, 4.69) is 19.9 Å². The second-order valence-electron chi connectivity index (χ2n) is 6.61. The Morgan fingerprint density at radius 3 is 2.60 bits per heavy atom. The highest BCUT2D eigenvalue weighted by atomic mass is 16.5. The summed E-state index contributed by atoms with van der Waals surface area (Å²) in [5.41, 5.74) is 2.62. The van der Waals surface area contributed by atoms with Crippen LogP contribution in [0, 0.1) is 0 Å². The minimum atomic E-state index is -1.20. The number of carbonyl (C=O) groups excluding carboxylic acids is 1. The maximum absolute atomic E-state index is 13.1. The fourth-order valence-corrected chi connectivity index (χ4v) is 3.78. The van der Waals surface area contributed by atoms with Crippen LogP contribution >= 0.6 is 0 Å². The van der Waals surface area contributed by atoms with Crippen molar-refractivity contribution in [1.29, 1.82) is 0 Å². The number of fused-ring (bicyclic) bond motifs is 1. The number of carbonyl (C=O) groups is 1. The summed E-state index contributed by atoms with van der Waals surface area (Å²) in [6, 6.07) is 15.1. The summed E-state index contributed by atoms with van der Waals surface area (Å²) >= 11 is 0. The van der Waals surface area contributed by atoms with Gasteiger partial charge in [0.2, 0.25) is 0 Å². The molecule has 132 valence electrons. The lowest BCUT2D eigenvalue weighted by atomic mass is 9.78. The summed E-state index contributed by atoms with van der Waals surface area (Å²) in [6.07, 6.45) is 0.715. The van der Waals surface area contributed by atoms with Gasteiger partial charge in [-0.25, -0.2) is 0 Å². The number of ether oxygens (including phenoxy) is 1. The van der Waals surface area contributed by atoms with Gasteiger partial charge in [0, 0.05) is 17.6 Å².